The zero-order chi connectivity index (χ0) is 11.8. The molecule has 0 aromatic carbocycles. The quantitative estimate of drug-likeness (QED) is 0.550. The van der Waals surface area contributed by atoms with Crippen LogP contribution < -0.4 is 0 Å². The zero-order valence-electron chi connectivity index (χ0n) is 8.92. The molecule has 1 unspecified atom stereocenters. The van der Waals surface area contributed by atoms with Gasteiger partial charge in [0.25, 0.3) is 0 Å². The van der Waals surface area contributed by atoms with E-state index in [9.17, 15) is 18.3 Å². The van der Waals surface area contributed by atoms with Crippen molar-refractivity contribution in [2.45, 2.75) is 37.3 Å². The summed E-state index contributed by atoms with van der Waals surface area (Å²) in [6.45, 7) is 0. The lowest BCUT2D eigenvalue weighted by molar-refractivity contribution is -0.00483. The number of hydrogen-bond acceptors (Lipinski definition) is 5. The lowest BCUT2D eigenvalue weighted by Crippen LogP contribution is -2.54. The van der Waals surface area contributed by atoms with E-state index in [2.05, 4.69) is 4.99 Å². The van der Waals surface area contributed by atoms with Gasteiger partial charge in [-0.1, -0.05) is 0 Å². The van der Waals surface area contributed by atoms with Gasteiger partial charge in [-0.25, -0.2) is 13.2 Å². The molecule has 6 heteroatoms. The van der Waals surface area contributed by atoms with Crippen molar-refractivity contribution in [3.8, 4) is 0 Å². The second-order valence-electron chi connectivity index (χ2n) is 4.82. The molecule has 1 N–H and O–H groups in total. The van der Waals surface area contributed by atoms with Crippen LogP contribution in [-0.4, -0.2) is 42.8 Å². The highest BCUT2D eigenvalue weighted by Crippen LogP contribution is 2.45. The maximum absolute atomic E-state index is 11.5. The fraction of sp³-hybridized carbons (Fsp3) is 0.900. The Labute approximate surface area is 94.5 Å². The van der Waals surface area contributed by atoms with Crippen molar-refractivity contribution in [2.75, 3.05) is 11.5 Å². The summed E-state index contributed by atoms with van der Waals surface area (Å²) in [6.07, 6.45) is 3.24. The van der Waals surface area contributed by atoms with E-state index in [1.165, 1.54) is 6.08 Å². The largest absolute Gasteiger partial charge is 0.393 e. The Hall–Kier alpha value is -0.710. The van der Waals surface area contributed by atoms with Crippen LogP contribution in [-0.2, 0) is 14.6 Å². The molecule has 2 aliphatic rings. The highest BCUT2D eigenvalue weighted by Gasteiger charge is 2.51. The average molecular weight is 245 g/mol. The molecule has 1 aliphatic carbocycles. The Morgan fingerprint density at radius 1 is 1.38 bits per heavy atom. The summed E-state index contributed by atoms with van der Waals surface area (Å²) in [5.74, 6) is 0.189. The van der Waals surface area contributed by atoms with Crippen LogP contribution in [0.4, 0.5) is 0 Å². The van der Waals surface area contributed by atoms with Gasteiger partial charge in [0.2, 0.25) is 6.08 Å². The molecular weight excluding hydrogens is 230 g/mol. The van der Waals surface area contributed by atoms with Crippen LogP contribution in [0.2, 0.25) is 0 Å². The molecule has 90 valence electrons. The van der Waals surface area contributed by atoms with E-state index in [1.807, 2.05) is 0 Å². The first kappa shape index (κ1) is 11.8. The predicted octanol–water partition coefficient (Wildman–Crippen LogP) is 0.0405. The van der Waals surface area contributed by atoms with E-state index >= 15 is 0 Å². The summed E-state index contributed by atoms with van der Waals surface area (Å²) in [6, 6.07) is 0. The molecule has 1 heterocycles. The number of aliphatic hydroxyl groups is 1. The smallest absolute Gasteiger partial charge is 0.235 e. The van der Waals surface area contributed by atoms with Crippen molar-refractivity contribution in [3.05, 3.63) is 0 Å². The average Bonchev–Trinajstić information content (AvgIpc) is 2.13. The van der Waals surface area contributed by atoms with Gasteiger partial charge < -0.3 is 5.11 Å². The second-order valence-corrected chi connectivity index (χ2v) is 7.05. The van der Waals surface area contributed by atoms with Crippen LogP contribution in [0.1, 0.15) is 25.7 Å². The summed E-state index contributed by atoms with van der Waals surface area (Å²) in [7, 11) is -3.00. The van der Waals surface area contributed by atoms with Gasteiger partial charge in [0, 0.05) is 0 Å². The van der Waals surface area contributed by atoms with Crippen LogP contribution in [0.5, 0.6) is 0 Å². The monoisotopic (exact) mass is 245 g/mol. The van der Waals surface area contributed by atoms with Crippen LogP contribution in [0, 0.1) is 5.92 Å². The van der Waals surface area contributed by atoms with Crippen molar-refractivity contribution in [3.63, 3.8) is 0 Å². The molecule has 2 rings (SSSR count). The molecule has 0 spiro atoms. The maximum Gasteiger partial charge on any atom is 0.235 e. The van der Waals surface area contributed by atoms with E-state index in [1.54, 1.807) is 0 Å². The van der Waals surface area contributed by atoms with E-state index in [4.69, 9.17) is 0 Å². The second kappa shape index (κ2) is 3.95. The molecule has 1 saturated heterocycles. The number of sulfone groups is 1. The third-order valence-electron chi connectivity index (χ3n) is 3.67. The van der Waals surface area contributed by atoms with Crippen LogP contribution in [0.15, 0.2) is 4.99 Å². The summed E-state index contributed by atoms with van der Waals surface area (Å²) in [5.41, 5.74) is -0.658. The van der Waals surface area contributed by atoms with Gasteiger partial charge in [-0.3, -0.25) is 0 Å². The maximum atomic E-state index is 11.5. The van der Waals surface area contributed by atoms with Crippen molar-refractivity contribution >= 4 is 15.9 Å². The topological polar surface area (TPSA) is 83.8 Å². The van der Waals surface area contributed by atoms with Crippen molar-refractivity contribution in [1.82, 2.24) is 0 Å². The number of nitrogens with zero attached hydrogens (tertiary/aromatic N) is 1. The van der Waals surface area contributed by atoms with Gasteiger partial charge in [-0.05, 0) is 31.6 Å². The molecule has 1 aliphatic heterocycles. The molecule has 0 amide bonds. The molecule has 0 radical (unpaired) electrons. The Balaban J connectivity index is 2.19. The van der Waals surface area contributed by atoms with E-state index < -0.39 is 21.5 Å². The molecule has 1 atom stereocenters. The lowest BCUT2D eigenvalue weighted by atomic mass is 9.66. The van der Waals surface area contributed by atoms with Crippen LogP contribution >= 0.6 is 0 Å². The normalized spacial score (nSPS) is 41.8. The summed E-state index contributed by atoms with van der Waals surface area (Å²) in [5, 5.41) is 9.33. The molecule has 16 heavy (non-hydrogen) atoms. The van der Waals surface area contributed by atoms with Gasteiger partial charge in [0.1, 0.15) is 0 Å². The first-order chi connectivity index (χ1) is 7.47. The number of rotatable bonds is 2. The molecule has 1 saturated carbocycles. The first-order valence-electron chi connectivity index (χ1n) is 5.45. The Morgan fingerprint density at radius 2 is 2.06 bits per heavy atom. The van der Waals surface area contributed by atoms with Gasteiger partial charge in [-0.2, -0.15) is 4.99 Å². The number of aliphatic hydroxyl groups excluding tert-OH is 1. The predicted molar refractivity (Wildman–Crippen MR) is 57.5 cm³/mol. The van der Waals surface area contributed by atoms with Crippen LogP contribution in [0.25, 0.3) is 0 Å². The van der Waals surface area contributed by atoms with E-state index in [0.717, 1.165) is 6.42 Å². The van der Waals surface area contributed by atoms with Crippen LogP contribution in [0.3, 0.4) is 0 Å². The fourth-order valence-electron chi connectivity index (χ4n) is 2.81. The SMILES string of the molecule is O=C=NC1(C2CCCS(=O)(=O)C2)CC(O)C1. The molecule has 0 aromatic heterocycles. The molecular formula is C10H15NO4S. The van der Waals surface area contributed by atoms with Gasteiger partial charge >= 0.3 is 0 Å². The molecule has 0 aromatic rings. The van der Waals surface area contributed by atoms with Gasteiger partial charge in [0.05, 0.1) is 23.1 Å². The lowest BCUT2D eigenvalue weighted by Gasteiger charge is -2.47. The third-order valence-corrected chi connectivity index (χ3v) is 5.49. The third kappa shape index (κ3) is 2.05. The summed E-state index contributed by atoms with van der Waals surface area (Å²) in [4.78, 5) is 14.2. The first-order valence-corrected chi connectivity index (χ1v) is 7.27. The fourth-order valence-corrected chi connectivity index (χ4v) is 4.67. The van der Waals surface area contributed by atoms with Crippen molar-refractivity contribution < 1.29 is 18.3 Å². The van der Waals surface area contributed by atoms with Crippen molar-refractivity contribution in [1.29, 1.82) is 0 Å². The molecule has 5 nitrogen and oxygen atoms in total. The minimum Gasteiger partial charge on any atom is -0.393 e. The Morgan fingerprint density at radius 3 is 2.56 bits per heavy atom. The number of carbonyl (C=O) groups excluding carboxylic acids is 1. The number of aliphatic imine (C=N–C) groups is 1. The van der Waals surface area contributed by atoms with Gasteiger partial charge in [-0.15, -0.1) is 0 Å². The zero-order valence-corrected chi connectivity index (χ0v) is 9.74. The Bertz CT molecular complexity index is 418. The standard InChI is InChI=1S/C10H15NO4S/c12-7-11-10(4-9(13)5-10)8-2-1-3-16(14,15)6-8/h8-9,13H,1-6H2. The number of hydrogen-bond donors (Lipinski definition) is 1. The summed E-state index contributed by atoms with van der Waals surface area (Å²) >= 11 is 0. The highest BCUT2D eigenvalue weighted by molar-refractivity contribution is 7.91. The highest BCUT2D eigenvalue weighted by atomic mass is 32.2. The van der Waals surface area contributed by atoms with Crippen molar-refractivity contribution in [2.24, 2.45) is 10.9 Å². The molecule has 0 bridgehead atoms. The van der Waals surface area contributed by atoms with E-state index in [0.29, 0.717) is 19.3 Å². The number of isocyanates is 1. The minimum atomic E-state index is -3.00. The summed E-state index contributed by atoms with van der Waals surface area (Å²) < 4.78 is 23.1. The molecule has 2 fully saturated rings. The Kier molecular flexibility index (Phi) is 2.90. The van der Waals surface area contributed by atoms with Gasteiger partial charge in [0.15, 0.2) is 9.84 Å². The minimum absolute atomic E-state index is 0.0882. The van der Waals surface area contributed by atoms with E-state index in [-0.39, 0.29) is 17.4 Å².